The molecule has 1 heterocycles. The Hall–Kier alpha value is 0.760. The van der Waals surface area contributed by atoms with Gasteiger partial charge in [0.2, 0.25) is 0 Å². The maximum atomic E-state index is 11.0. The van der Waals surface area contributed by atoms with Crippen molar-refractivity contribution in [2.24, 2.45) is 0 Å². The van der Waals surface area contributed by atoms with E-state index in [0.29, 0.717) is 3.79 Å². The predicted octanol–water partition coefficient (Wildman–Crippen LogP) is -1.46. The molecule has 1 rings (SSSR count). The van der Waals surface area contributed by atoms with Gasteiger partial charge >= 0.3 is 35.5 Å². The number of thiophene rings is 1. The standard InChI is InChI=1S/C6H5BrO4S2.Na/c1-11-6(8)3-2-4(13(9)10)5(7)12-3;/h2H,1H3,(H,9,10);/q;+1/p-1. The molecule has 0 aliphatic carbocycles. The van der Waals surface area contributed by atoms with Crippen molar-refractivity contribution in [3.8, 4) is 0 Å². The molecule has 0 radical (unpaired) electrons. The van der Waals surface area contributed by atoms with Crippen LogP contribution in [0.25, 0.3) is 0 Å². The fraction of sp³-hybridized carbons (Fsp3) is 0.167. The van der Waals surface area contributed by atoms with Crippen LogP contribution in [0.15, 0.2) is 14.7 Å². The van der Waals surface area contributed by atoms with Crippen LogP contribution in [0, 0.1) is 0 Å². The minimum atomic E-state index is -2.33. The summed E-state index contributed by atoms with van der Waals surface area (Å²) in [6, 6.07) is 1.27. The monoisotopic (exact) mass is 306 g/mol. The second kappa shape index (κ2) is 6.37. The first-order chi connectivity index (χ1) is 6.06. The molecule has 0 bridgehead atoms. The van der Waals surface area contributed by atoms with Crippen LogP contribution in [0.4, 0.5) is 0 Å². The van der Waals surface area contributed by atoms with E-state index in [9.17, 15) is 13.6 Å². The zero-order valence-corrected chi connectivity index (χ0v) is 12.6. The van der Waals surface area contributed by atoms with E-state index in [0.717, 1.165) is 11.3 Å². The summed E-state index contributed by atoms with van der Waals surface area (Å²) in [5, 5.41) is 0. The van der Waals surface area contributed by atoms with E-state index in [1.165, 1.54) is 13.2 Å². The van der Waals surface area contributed by atoms with Gasteiger partial charge in [0.15, 0.2) is 0 Å². The van der Waals surface area contributed by atoms with E-state index >= 15 is 0 Å². The summed E-state index contributed by atoms with van der Waals surface area (Å²) in [6.45, 7) is 0. The summed E-state index contributed by atoms with van der Waals surface area (Å²) in [6.07, 6.45) is 0. The van der Waals surface area contributed by atoms with Gasteiger partial charge in [-0.25, -0.2) is 4.79 Å². The summed E-state index contributed by atoms with van der Waals surface area (Å²) < 4.78 is 26.0. The number of carbonyl (C=O) groups excluding carboxylic acids is 1. The van der Waals surface area contributed by atoms with Crippen molar-refractivity contribution in [3.63, 3.8) is 0 Å². The maximum Gasteiger partial charge on any atom is 1.00 e. The van der Waals surface area contributed by atoms with Crippen molar-refractivity contribution in [3.05, 3.63) is 14.7 Å². The Kier molecular flexibility index (Phi) is 6.71. The molecule has 0 aromatic carbocycles. The molecule has 4 nitrogen and oxygen atoms in total. The third-order valence-corrected chi connectivity index (χ3v) is 4.11. The van der Waals surface area contributed by atoms with Crippen LogP contribution < -0.4 is 29.6 Å². The van der Waals surface area contributed by atoms with E-state index in [1.807, 2.05) is 0 Å². The van der Waals surface area contributed by atoms with Crippen LogP contribution in [0.5, 0.6) is 0 Å². The zero-order valence-electron chi connectivity index (χ0n) is 7.40. The number of halogens is 1. The van der Waals surface area contributed by atoms with E-state index in [-0.39, 0.29) is 39.3 Å². The molecule has 72 valence electrons. The second-order valence-electron chi connectivity index (χ2n) is 1.97. The Bertz CT molecular complexity index is 365. The number of carbonyl (C=O) groups is 1. The zero-order chi connectivity index (χ0) is 10.0. The SMILES string of the molecule is COC(=O)c1cc(S(=O)[O-])c(Br)s1.[Na+]. The Morgan fingerprint density at radius 1 is 1.71 bits per heavy atom. The Balaban J connectivity index is 0.00000169. The van der Waals surface area contributed by atoms with Crippen LogP contribution in [0.1, 0.15) is 9.67 Å². The van der Waals surface area contributed by atoms with Gasteiger partial charge in [-0.15, -0.1) is 11.3 Å². The van der Waals surface area contributed by atoms with Gasteiger partial charge in [-0.1, -0.05) is 0 Å². The molecule has 0 fully saturated rings. The van der Waals surface area contributed by atoms with Crippen LogP contribution in [0.2, 0.25) is 0 Å². The van der Waals surface area contributed by atoms with Gasteiger partial charge in [0.05, 0.1) is 15.8 Å². The van der Waals surface area contributed by atoms with Crippen LogP contribution in [0.3, 0.4) is 0 Å². The molecule has 8 heteroatoms. The summed E-state index contributed by atoms with van der Waals surface area (Å²) in [7, 11) is 1.24. The molecule has 1 atom stereocenters. The van der Waals surface area contributed by atoms with Gasteiger partial charge in [0.1, 0.15) is 4.88 Å². The number of methoxy groups -OCH3 is 1. The van der Waals surface area contributed by atoms with Crippen LogP contribution in [-0.4, -0.2) is 21.8 Å². The number of ether oxygens (including phenoxy) is 1. The molecular weight excluding hydrogens is 303 g/mol. The summed E-state index contributed by atoms with van der Waals surface area (Å²) in [4.78, 5) is 11.3. The van der Waals surface area contributed by atoms with E-state index in [2.05, 4.69) is 20.7 Å². The number of esters is 1. The van der Waals surface area contributed by atoms with Gasteiger partial charge in [0, 0.05) is 0 Å². The quantitative estimate of drug-likeness (QED) is 0.380. The maximum absolute atomic E-state index is 11.0. The molecule has 0 saturated heterocycles. The molecule has 0 saturated carbocycles. The smallest absolute Gasteiger partial charge is 0.768 e. The summed E-state index contributed by atoms with van der Waals surface area (Å²) >= 11 is 1.72. The minimum absolute atomic E-state index is 0. The van der Waals surface area contributed by atoms with Crippen molar-refractivity contribution in [1.82, 2.24) is 0 Å². The Morgan fingerprint density at radius 2 is 2.29 bits per heavy atom. The Labute approximate surface area is 118 Å². The molecule has 0 aliphatic heterocycles. The van der Waals surface area contributed by atoms with E-state index in [1.54, 1.807) is 0 Å². The molecule has 0 amide bonds. The molecular formula is C6H4BrNaO4S2. The molecule has 1 unspecified atom stereocenters. The summed E-state index contributed by atoms with van der Waals surface area (Å²) in [5.41, 5.74) is 0. The average molecular weight is 307 g/mol. The average Bonchev–Trinajstić information content (AvgIpc) is 2.46. The van der Waals surface area contributed by atoms with Crippen molar-refractivity contribution < 1.29 is 47.9 Å². The first-order valence-corrected chi connectivity index (χ1v) is 5.71. The van der Waals surface area contributed by atoms with Crippen molar-refractivity contribution in [1.29, 1.82) is 0 Å². The number of hydrogen-bond donors (Lipinski definition) is 0. The molecule has 0 N–H and O–H groups in total. The topological polar surface area (TPSA) is 66.4 Å². The predicted molar refractivity (Wildman–Crippen MR) is 50.5 cm³/mol. The van der Waals surface area contributed by atoms with Crippen molar-refractivity contribution in [2.75, 3.05) is 7.11 Å². The number of rotatable bonds is 2. The van der Waals surface area contributed by atoms with Gasteiger partial charge < -0.3 is 9.29 Å². The van der Waals surface area contributed by atoms with Gasteiger partial charge in [-0.2, -0.15) is 0 Å². The fourth-order valence-electron chi connectivity index (χ4n) is 0.667. The minimum Gasteiger partial charge on any atom is -0.768 e. The summed E-state index contributed by atoms with van der Waals surface area (Å²) in [5.74, 6) is -0.539. The third kappa shape index (κ3) is 3.41. The second-order valence-corrected chi connectivity index (χ2v) is 5.25. The van der Waals surface area contributed by atoms with Crippen LogP contribution in [-0.2, 0) is 15.8 Å². The van der Waals surface area contributed by atoms with Crippen molar-refractivity contribution >= 4 is 44.3 Å². The first kappa shape index (κ1) is 14.8. The normalized spacial score (nSPS) is 11.6. The number of hydrogen-bond acceptors (Lipinski definition) is 5. The molecule has 0 aliphatic rings. The molecule has 0 spiro atoms. The Morgan fingerprint density at radius 3 is 2.64 bits per heavy atom. The van der Waals surface area contributed by atoms with E-state index in [4.69, 9.17) is 0 Å². The molecule has 1 aromatic heterocycles. The van der Waals surface area contributed by atoms with Crippen LogP contribution >= 0.6 is 27.3 Å². The molecule has 1 aromatic rings. The van der Waals surface area contributed by atoms with Crippen molar-refractivity contribution in [2.45, 2.75) is 4.90 Å². The van der Waals surface area contributed by atoms with Gasteiger partial charge in [0.25, 0.3) is 0 Å². The van der Waals surface area contributed by atoms with Gasteiger partial charge in [-0.05, 0) is 33.1 Å². The van der Waals surface area contributed by atoms with E-state index < -0.39 is 17.0 Å². The first-order valence-electron chi connectivity index (χ1n) is 3.03. The third-order valence-electron chi connectivity index (χ3n) is 1.22. The fourth-order valence-corrected chi connectivity index (χ4v) is 3.15. The molecule has 14 heavy (non-hydrogen) atoms. The van der Waals surface area contributed by atoms with Gasteiger partial charge in [-0.3, -0.25) is 4.21 Å². The largest absolute Gasteiger partial charge is 1.00 e.